The van der Waals surface area contributed by atoms with Crippen LogP contribution in [0.2, 0.25) is 0 Å². The molecule has 2 N–H and O–H groups in total. The molecule has 1 unspecified atom stereocenters. The van der Waals surface area contributed by atoms with Gasteiger partial charge in [-0.05, 0) is 36.6 Å². The maximum Gasteiger partial charge on any atom is 0.261 e. The number of carbonyl (C=O) groups excluding carboxylic acids is 1. The molecule has 0 aliphatic carbocycles. The number of carbonyl (C=O) groups is 1. The Hall–Kier alpha value is -2.75. The maximum absolute atomic E-state index is 12.3. The van der Waals surface area contributed by atoms with E-state index < -0.39 is 6.10 Å². The quantitative estimate of drug-likeness (QED) is 0.776. The van der Waals surface area contributed by atoms with Gasteiger partial charge in [0.25, 0.3) is 5.91 Å². The first-order chi connectivity index (χ1) is 11.7. The molecule has 2 heterocycles. The molecule has 0 radical (unpaired) electrons. The van der Waals surface area contributed by atoms with Crippen LogP contribution in [0.25, 0.3) is 10.9 Å². The van der Waals surface area contributed by atoms with Crippen molar-refractivity contribution in [3.05, 3.63) is 65.4 Å². The number of ether oxygens (including phenoxy) is 1. The SMILES string of the molecule is Cc1[nH]c2ccccc2c1CCNC(=O)C1Cc2ccccc2O1. The van der Waals surface area contributed by atoms with Gasteiger partial charge in [-0.15, -0.1) is 0 Å². The lowest BCUT2D eigenvalue weighted by molar-refractivity contribution is -0.127. The lowest BCUT2D eigenvalue weighted by Gasteiger charge is -2.11. The van der Waals surface area contributed by atoms with Crippen LogP contribution < -0.4 is 10.1 Å². The van der Waals surface area contributed by atoms with Crippen molar-refractivity contribution in [2.45, 2.75) is 25.9 Å². The van der Waals surface area contributed by atoms with Crippen molar-refractivity contribution in [1.29, 1.82) is 0 Å². The minimum absolute atomic E-state index is 0.0382. The van der Waals surface area contributed by atoms with Gasteiger partial charge in [-0.2, -0.15) is 0 Å². The molecule has 0 bridgehead atoms. The molecule has 1 aliphatic heterocycles. The molecule has 1 aliphatic rings. The summed E-state index contributed by atoms with van der Waals surface area (Å²) in [4.78, 5) is 15.7. The molecule has 2 aromatic carbocycles. The fraction of sp³-hybridized carbons (Fsp3) is 0.250. The minimum atomic E-state index is -0.411. The van der Waals surface area contributed by atoms with Crippen LogP contribution in [0.3, 0.4) is 0 Å². The number of H-pyrrole nitrogens is 1. The number of fused-ring (bicyclic) bond motifs is 2. The van der Waals surface area contributed by atoms with E-state index in [1.807, 2.05) is 36.4 Å². The fourth-order valence-corrected chi connectivity index (χ4v) is 3.41. The molecule has 0 fully saturated rings. The van der Waals surface area contributed by atoms with Crippen molar-refractivity contribution in [3.8, 4) is 5.75 Å². The van der Waals surface area contributed by atoms with E-state index in [4.69, 9.17) is 4.74 Å². The summed E-state index contributed by atoms with van der Waals surface area (Å²) >= 11 is 0. The molecular formula is C20H20N2O2. The Bertz CT molecular complexity index is 873. The number of nitrogens with one attached hydrogen (secondary N) is 2. The first kappa shape index (κ1) is 14.8. The second kappa shape index (κ2) is 6.04. The number of aromatic nitrogens is 1. The highest BCUT2D eigenvalue weighted by atomic mass is 16.5. The topological polar surface area (TPSA) is 54.1 Å². The van der Waals surface area contributed by atoms with Crippen LogP contribution in [0.5, 0.6) is 5.75 Å². The lowest BCUT2D eigenvalue weighted by atomic mass is 10.1. The number of benzene rings is 2. The van der Waals surface area contributed by atoms with Crippen LogP contribution in [0.4, 0.5) is 0 Å². The average molecular weight is 320 g/mol. The summed E-state index contributed by atoms with van der Waals surface area (Å²) in [6.45, 7) is 2.69. The monoisotopic (exact) mass is 320 g/mol. The summed E-state index contributed by atoms with van der Waals surface area (Å²) in [5.41, 5.74) is 4.67. The molecule has 122 valence electrons. The molecule has 4 rings (SSSR count). The van der Waals surface area contributed by atoms with Gasteiger partial charge in [0.15, 0.2) is 6.10 Å². The molecule has 1 aromatic heterocycles. The van der Waals surface area contributed by atoms with Gasteiger partial charge in [-0.25, -0.2) is 0 Å². The summed E-state index contributed by atoms with van der Waals surface area (Å²) in [6.07, 6.45) is 1.04. The van der Waals surface area contributed by atoms with Gasteiger partial charge in [-0.3, -0.25) is 4.79 Å². The smallest absolute Gasteiger partial charge is 0.261 e. The van der Waals surface area contributed by atoms with E-state index in [0.717, 1.165) is 28.9 Å². The molecule has 4 heteroatoms. The molecule has 24 heavy (non-hydrogen) atoms. The molecule has 3 aromatic rings. The predicted octanol–water partition coefficient (Wildman–Crippen LogP) is 3.14. The third-order valence-electron chi connectivity index (χ3n) is 4.64. The van der Waals surface area contributed by atoms with E-state index in [1.54, 1.807) is 0 Å². The summed E-state index contributed by atoms with van der Waals surface area (Å²) in [5.74, 6) is 0.786. The van der Waals surface area contributed by atoms with Gasteiger partial charge in [0.2, 0.25) is 0 Å². The van der Waals surface area contributed by atoms with Crippen molar-refractivity contribution in [2.24, 2.45) is 0 Å². The molecular weight excluding hydrogens is 300 g/mol. The van der Waals surface area contributed by atoms with E-state index >= 15 is 0 Å². The van der Waals surface area contributed by atoms with Gasteiger partial charge in [-0.1, -0.05) is 36.4 Å². The third kappa shape index (κ3) is 2.64. The van der Waals surface area contributed by atoms with Gasteiger partial charge in [0.05, 0.1) is 0 Å². The van der Waals surface area contributed by atoms with Crippen LogP contribution >= 0.6 is 0 Å². The van der Waals surface area contributed by atoms with Crippen LogP contribution in [0.1, 0.15) is 16.8 Å². The van der Waals surface area contributed by atoms with Gasteiger partial charge < -0.3 is 15.0 Å². The summed E-state index contributed by atoms with van der Waals surface area (Å²) in [5, 5.41) is 4.24. The lowest BCUT2D eigenvalue weighted by Crippen LogP contribution is -2.38. The number of rotatable bonds is 4. The zero-order chi connectivity index (χ0) is 16.5. The Labute approximate surface area is 140 Å². The molecule has 4 nitrogen and oxygen atoms in total. The van der Waals surface area contributed by atoms with Crippen molar-refractivity contribution in [1.82, 2.24) is 10.3 Å². The molecule has 0 saturated carbocycles. The van der Waals surface area contributed by atoms with E-state index in [-0.39, 0.29) is 5.91 Å². The van der Waals surface area contributed by atoms with Crippen molar-refractivity contribution in [2.75, 3.05) is 6.54 Å². The number of aromatic amines is 1. The number of aryl methyl sites for hydroxylation is 1. The minimum Gasteiger partial charge on any atom is -0.480 e. The standard InChI is InChI=1S/C20H20N2O2/c1-13-15(16-7-3-4-8-17(16)22-13)10-11-21-20(23)19-12-14-6-2-5-9-18(14)24-19/h2-9,19,22H,10-12H2,1H3,(H,21,23). The van der Waals surface area contributed by atoms with E-state index in [1.165, 1.54) is 10.9 Å². The normalized spacial score (nSPS) is 16.0. The van der Waals surface area contributed by atoms with E-state index in [0.29, 0.717) is 13.0 Å². The summed E-state index contributed by atoms with van der Waals surface area (Å²) in [7, 11) is 0. The number of amides is 1. The highest BCUT2D eigenvalue weighted by Gasteiger charge is 2.28. The molecule has 1 atom stereocenters. The first-order valence-electron chi connectivity index (χ1n) is 8.31. The summed E-state index contributed by atoms with van der Waals surface area (Å²) < 4.78 is 5.73. The van der Waals surface area contributed by atoms with Gasteiger partial charge in [0, 0.05) is 29.6 Å². The van der Waals surface area contributed by atoms with Crippen molar-refractivity contribution >= 4 is 16.8 Å². The molecule has 0 spiro atoms. The Morgan fingerprint density at radius 3 is 2.88 bits per heavy atom. The van der Waals surface area contributed by atoms with Gasteiger partial charge in [0.1, 0.15) is 5.75 Å². The van der Waals surface area contributed by atoms with Crippen LogP contribution in [0, 0.1) is 6.92 Å². The third-order valence-corrected chi connectivity index (χ3v) is 4.64. The second-order valence-electron chi connectivity index (χ2n) is 6.23. The Morgan fingerprint density at radius 2 is 2.00 bits per heavy atom. The highest BCUT2D eigenvalue weighted by Crippen LogP contribution is 2.28. The zero-order valence-electron chi connectivity index (χ0n) is 13.6. The largest absolute Gasteiger partial charge is 0.480 e. The fourth-order valence-electron chi connectivity index (χ4n) is 3.41. The van der Waals surface area contributed by atoms with E-state index in [9.17, 15) is 4.79 Å². The Balaban J connectivity index is 1.38. The van der Waals surface area contributed by atoms with Crippen molar-refractivity contribution < 1.29 is 9.53 Å². The van der Waals surface area contributed by atoms with Gasteiger partial charge >= 0.3 is 0 Å². The number of para-hydroxylation sites is 2. The summed E-state index contributed by atoms with van der Waals surface area (Å²) in [6, 6.07) is 16.1. The average Bonchev–Trinajstić information content (AvgIpc) is 3.16. The number of hydrogen-bond donors (Lipinski definition) is 2. The molecule has 0 saturated heterocycles. The van der Waals surface area contributed by atoms with Crippen LogP contribution in [-0.4, -0.2) is 23.5 Å². The van der Waals surface area contributed by atoms with E-state index in [2.05, 4.69) is 29.4 Å². The number of hydrogen-bond acceptors (Lipinski definition) is 2. The highest BCUT2D eigenvalue weighted by molar-refractivity contribution is 5.85. The predicted molar refractivity (Wildman–Crippen MR) is 94.3 cm³/mol. The van der Waals surface area contributed by atoms with Crippen LogP contribution in [-0.2, 0) is 17.6 Å². The van der Waals surface area contributed by atoms with Crippen LogP contribution in [0.15, 0.2) is 48.5 Å². The Morgan fingerprint density at radius 1 is 1.21 bits per heavy atom. The maximum atomic E-state index is 12.3. The second-order valence-corrected chi connectivity index (χ2v) is 6.23. The first-order valence-corrected chi connectivity index (χ1v) is 8.31. The van der Waals surface area contributed by atoms with Crippen molar-refractivity contribution in [3.63, 3.8) is 0 Å². The molecule has 1 amide bonds. The Kier molecular flexibility index (Phi) is 3.73. The zero-order valence-corrected chi connectivity index (χ0v) is 13.6.